The largest absolute Gasteiger partial charge is 0.433 e. The Bertz CT molecular complexity index is 934. The lowest BCUT2D eigenvalue weighted by Crippen LogP contribution is -2.16. The summed E-state index contributed by atoms with van der Waals surface area (Å²) in [6.45, 7) is 3.26. The van der Waals surface area contributed by atoms with Gasteiger partial charge >= 0.3 is 6.18 Å². The zero-order valence-corrected chi connectivity index (χ0v) is 13.5. The van der Waals surface area contributed by atoms with Gasteiger partial charge in [-0.15, -0.1) is 11.3 Å². The van der Waals surface area contributed by atoms with Crippen molar-refractivity contribution >= 4 is 33.1 Å². The number of amides is 1. The molecule has 4 nitrogen and oxygen atoms in total. The highest BCUT2D eigenvalue weighted by atomic mass is 32.1. The summed E-state index contributed by atoms with van der Waals surface area (Å²) in [7, 11) is 0. The van der Waals surface area contributed by atoms with Crippen molar-refractivity contribution in [2.24, 2.45) is 0 Å². The number of anilines is 1. The van der Waals surface area contributed by atoms with Crippen LogP contribution in [0.4, 0.5) is 18.9 Å². The summed E-state index contributed by atoms with van der Waals surface area (Å²) < 4.78 is 38.8. The zero-order chi connectivity index (χ0) is 17.5. The van der Waals surface area contributed by atoms with Gasteiger partial charge < -0.3 is 5.32 Å². The van der Waals surface area contributed by atoms with Crippen molar-refractivity contribution in [1.82, 2.24) is 9.97 Å². The first kappa shape index (κ1) is 16.4. The van der Waals surface area contributed by atoms with Crippen LogP contribution in [0.3, 0.4) is 0 Å². The van der Waals surface area contributed by atoms with Crippen LogP contribution in [-0.2, 0) is 6.18 Å². The highest BCUT2D eigenvalue weighted by Crippen LogP contribution is 2.29. The van der Waals surface area contributed by atoms with Crippen molar-refractivity contribution < 1.29 is 18.0 Å². The van der Waals surface area contributed by atoms with Gasteiger partial charge in [-0.25, -0.2) is 9.97 Å². The van der Waals surface area contributed by atoms with Gasteiger partial charge in [0.05, 0.1) is 26.5 Å². The summed E-state index contributed by atoms with van der Waals surface area (Å²) in [5.41, 5.74) is 0.497. The molecule has 124 valence electrons. The lowest BCUT2D eigenvalue weighted by molar-refractivity contribution is -0.141. The van der Waals surface area contributed by atoms with Crippen LogP contribution in [0.15, 0.2) is 30.3 Å². The number of alkyl halides is 3. The second-order valence-electron chi connectivity index (χ2n) is 5.20. The summed E-state index contributed by atoms with van der Waals surface area (Å²) in [5, 5.41) is 3.59. The number of nitrogens with one attached hydrogen (secondary N) is 1. The Morgan fingerprint density at radius 3 is 2.54 bits per heavy atom. The maximum atomic E-state index is 12.6. The van der Waals surface area contributed by atoms with E-state index in [4.69, 9.17) is 0 Å². The fourth-order valence-electron chi connectivity index (χ4n) is 2.27. The van der Waals surface area contributed by atoms with Gasteiger partial charge in [-0.1, -0.05) is 0 Å². The first-order chi connectivity index (χ1) is 11.2. The van der Waals surface area contributed by atoms with Gasteiger partial charge in [-0.05, 0) is 44.2 Å². The molecule has 1 aromatic carbocycles. The molecule has 1 amide bonds. The third-order valence-electron chi connectivity index (χ3n) is 3.37. The Balaban J connectivity index is 1.85. The van der Waals surface area contributed by atoms with E-state index in [-0.39, 0.29) is 11.3 Å². The lowest BCUT2D eigenvalue weighted by atomic mass is 10.1. The first-order valence-corrected chi connectivity index (χ1v) is 7.79. The number of fused-ring (bicyclic) bond motifs is 1. The number of carbonyl (C=O) groups is 1. The Kier molecular flexibility index (Phi) is 4.00. The Labute approximate surface area is 139 Å². The van der Waals surface area contributed by atoms with E-state index in [9.17, 15) is 18.0 Å². The van der Waals surface area contributed by atoms with E-state index < -0.39 is 17.8 Å². The highest BCUT2D eigenvalue weighted by molar-refractivity contribution is 7.18. The van der Waals surface area contributed by atoms with E-state index in [1.54, 1.807) is 18.2 Å². The molecule has 2 heterocycles. The third-order valence-corrected chi connectivity index (χ3v) is 4.31. The standard InChI is InChI=1S/C16H12F3N3OS/c1-8-11(4-6-14(20-8)16(17,18)19)15(23)22-10-3-5-12-13(7-10)24-9(2)21-12/h3-7H,1-2H3,(H,22,23). The highest BCUT2D eigenvalue weighted by Gasteiger charge is 2.33. The average Bonchev–Trinajstić information content (AvgIpc) is 2.85. The molecule has 0 aliphatic carbocycles. The van der Waals surface area contributed by atoms with E-state index in [1.807, 2.05) is 6.92 Å². The number of hydrogen-bond acceptors (Lipinski definition) is 4. The van der Waals surface area contributed by atoms with Crippen LogP contribution in [0, 0.1) is 13.8 Å². The van der Waals surface area contributed by atoms with Crippen molar-refractivity contribution in [3.05, 3.63) is 52.3 Å². The molecule has 0 fully saturated rings. The smallest absolute Gasteiger partial charge is 0.322 e. The maximum Gasteiger partial charge on any atom is 0.433 e. The molecule has 0 atom stereocenters. The van der Waals surface area contributed by atoms with E-state index in [0.29, 0.717) is 5.69 Å². The normalized spacial score (nSPS) is 11.7. The summed E-state index contributed by atoms with van der Waals surface area (Å²) >= 11 is 1.50. The van der Waals surface area contributed by atoms with E-state index in [1.165, 1.54) is 18.3 Å². The quantitative estimate of drug-likeness (QED) is 0.735. The minimum absolute atomic E-state index is 0.0250. The summed E-state index contributed by atoms with van der Waals surface area (Å²) in [6, 6.07) is 7.21. The number of aromatic nitrogens is 2. The topological polar surface area (TPSA) is 54.9 Å². The van der Waals surface area contributed by atoms with Crippen molar-refractivity contribution in [3.8, 4) is 0 Å². The number of halogens is 3. The van der Waals surface area contributed by atoms with E-state index in [0.717, 1.165) is 27.4 Å². The van der Waals surface area contributed by atoms with Crippen LogP contribution in [-0.4, -0.2) is 15.9 Å². The molecule has 8 heteroatoms. The maximum absolute atomic E-state index is 12.6. The summed E-state index contributed by atoms with van der Waals surface area (Å²) in [4.78, 5) is 20.1. The summed E-state index contributed by atoms with van der Waals surface area (Å²) in [5.74, 6) is -0.505. The monoisotopic (exact) mass is 351 g/mol. The number of benzene rings is 1. The van der Waals surface area contributed by atoms with Gasteiger partial charge in [-0.3, -0.25) is 4.79 Å². The molecular formula is C16H12F3N3OS. The fourth-order valence-corrected chi connectivity index (χ4v) is 3.14. The molecule has 0 aliphatic rings. The summed E-state index contributed by atoms with van der Waals surface area (Å²) in [6.07, 6.45) is -4.53. The van der Waals surface area contributed by atoms with Crippen LogP contribution in [0.2, 0.25) is 0 Å². The number of nitrogens with zero attached hydrogens (tertiary/aromatic N) is 2. The second kappa shape index (κ2) is 5.86. The van der Waals surface area contributed by atoms with Gasteiger partial charge in [0.25, 0.3) is 5.91 Å². The number of pyridine rings is 1. The molecule has 1 N–H and O–H groups in total. The van der Waals surface area contributed by atoms with Crippen molar-refractivity contribution in [1.29, 1.82) is 0 Å². The third kappa shape index (κ3) is 3.23. The molecule has 0 aliphatic heterocycles. The predicted octanol–water partition coefficient (Wildman–Crippen LogP) is 4.58. The van der Waals surface area contributed by atoms with Gasteiger partial charge in [0, 0.05) is 5.69 Å². The van der Waals surface area contributed by atoms with Crippen molar-refractivity contribution in [3.63, 3.8) is 0 Å². The Morgan fingerprint density at radius 1 is 1.12 bits per heavy atom. The molecule has 0 unspecified atom stereocenters. The Morgan fingerprint density at radius 2 is 1.88 bits per heavy atom. The molecule has 0 radical (unpaired) electrons. The molecule has 24 heavy (non-hydrogen) atoms. The van der Waals surface area contributed by atoms with E-state index >= 15 is 0 Å². The number of hydrogen-bond donors (Lipinski definition) is 1. The van der Waals surface area contributed by atoms with Crippen LogP contribution in [0.25, 0.3) is 10.2 Å². The Hall–Kier alpha value is -2.48. The molecule has 0 spiro atoms. The van der Waals surface area contributed by atoms with E-state index in [2.05, 4.69) is 15.3 Å². The minimum atomic E-state index is -4.53. The zero-order valence-electron chi connectivity index (χ0n) is 12.7. The number of rotatable bonds is 2. The minimum Gasteiger partial charge on any atom is -0.322 e. The fraction of sp³-hybridized carbons (Fsp3) is 0.188. The van der Waals surface area contributed by atoms with Crippen molar-refractivity contribution in [2.75, 3.05) is 5.32 Å². The van der Waals surface area contributed by atoms with Crippen LogP contribution in [0.1, 0.15) is 26.8 Å². The second-order valence-corrected chi connectivity index (χ2v) is 6.43. The molecule has 0 saturated carbocycles. The molecule has 3 rings (SSSR count). The van der Waals surface area contributed by atoms with Crippen molar-refractivity contribution in [2.45, 2.75) is 20.0 Å². The molecule has 2 aromatic heterocycles. The van der Waals surface area contributed by atoms with Crippen LogP contribution >= 0.6 is 11.3 Å². The molecule has 0 saturated heterocycles. The average molecular weight is 351 g/mol. The van der Waals surface area contributed by atoms with Gasteiger partial charge in [-0.2, -0.15) is 13.2 Å². The number of carbonyl (C=O) groups excluding carboxylic acids is 1. The molecular weight excluding hydrogens is 339 g/mol. The number of thiazole rings is 1. The SMILES string of the molecule is Cc1nc2ccc(NC(=O)c3ccc(C(F)(F)F)nc3C)cc2s1. The first-order valence-electron chi connectivity index (χ1n) is 6.97. The van der Waals surface area contributed by atoms with Gasteiger partial charge in [0.2, 0.25) is 0 Å². The lowest BCUT2D eigenvalue weighted by Gasteiger charge is -2.10. The van der Waals surface area contributed by atoms with Gasteiger partial charge in [0.1, 0.15) is 5.69 Å². The van der Waals surface area contributed by atoms with Crippen LogP contribution < -0.4 is 5.32 Å². The molecule has 3 aromatic rings. The van der Waals surface area contributed by atoms with Crippen LogP contribution in [0.5, 0.6) is 0 Å². The predicted molar refractivity (Wildman–Crippen MR) is 86.3 cm³/mol. The number of aryl methyl sites for hydroxylation is 2. The van der Waals surface area contributed by atoms with Gasteiger partial charge in [0.15, 0.2) is 0 Å². The molecule has 0 bridgehead atoms.